The fraction of sp³-hybridized carbons (Fsp3) is 0.333. The minimum atomic E-state index is -0.671. The maximum atomic E-state index is 10.9. The van der Waals surface area contributed by atoms with Gasteiger partial charge in [-0.15, -0.1) is 11.3 Å². The summed E-state index contributed by atoms with van der Waals surface area (Å²) in [4.78, 5) is 0.845. The fourth-order valence-electron chi connectivity index (χ4n) is 2.83. The van der Waals surface area contributed by atoms with Crippen molar-refractivity contribution in [3.8, 4) is 5.75 Å². The average Bonchev–Trinajstić information content (AvgIpc) is 2.92. The quantitative estimate of drug-likeness (QED) is 0.916. The van der Waals surface area contributed by atoms with Crippen LogP contribution in [0.3, 0.4) is 0 Å². The van der Waals surface area contributed by atoms with Gasteiger partial charge in [-0.1, -0.05) is 29.8 Å². The first-order valence-electron chi connectivity index (χ1n) is 6.52. The number of benzene rings is 1. The van der Waals surface area contributed by atoms with Crippen LogP contribution in [-0.2, 0) is 5.41 Å². The number of fused-ring (bicyclic) bond motifs is 1. The molecule has 1 aromatic carbocycles. The third-order valence-corrected chi connectivity index (χ3v) is 5.31. The lowest BCUT2D eigenvalue weighted by molar-refractivity contribution is 0.0561. The van der Waals surface area contributed by atoms with Crippen LogP contribution < -0.4 is 10.5 Å². The molecular formula is C15H16ClNO2S. The van der Waals surface area contributed by atoms with Crippen LogP contribution in [0.1, 0.15) is 23.0 Å². The van der Waals surface area contributed by atoms with Crippen LogP contribution >= 0.6 is 22.9 Å². The first-order valence-corrected chi connectivity index (χ1v) is 7.77. The zero-order valence-electron chi connectivity index (χ0n) is 10.9. The summed E-state index contributed by atoms with van der Waals surface area (Å²) in [6.07, 6.45) is 0.0204. The molecule has 2 aromatic rings. The Morgan fingerprint density at radius 2 is 2.25 bits per heavy atom. The van der Waals surface area contributed by atoms with Gasteiger partial charge < -0.3 is 15.6 Å². The number of ether oxygens (including phenoxy) is 1. The van der Waals surface area contributed by atoms with E-state index in [4.69, 9.17) is 22.1 Å². The second-order valence-electron chi connectivity index (χ2n) is 5.02. The Hall–Kier alpha value is -1.07. The molecule has 0 fully saturated rings. The Kier molecular flexibility index (Phi) is 3.73. The first-order chi connectivity index (χ1) is 9.67. The minimum absolute atomic E-state index is 0.365. The highest BCUT2D eigenvalue weighted by Gasteiger charge is 2.44. The van der Waals surface area contributed by atoms with Crippen LogP contribution in [-0.4, -0.2) is 18.3 Å². The van der Waals surface area contributed by atoms with Crippen molar-refractivity contribution < 1.29 is 9.84 Å². The van der Waals surface area contributed by atoms with E-state index in [1.165, 1.54) is 11.3 Å². The Morgan fingerprint density at radius 1 is 1.45 bits per heavy atom. The molecule has 3 nitrogen and oxygen atoms in total. The number of rotatable bonds is 3. The molecule has 0 amide bonds. The third-order valence-electron chi connectivity index (χ3n) is 3.97. The summed E-state index contributed by atoms with van der Waals surface area (Å²) in [6.45, 7) is 0.925. The average molecular weight is 310 g/mol. The number of halogens is 1. The Bertz CT molecular complexity index is 615. The molecule has 2 atom stereocenters. The number of aliphatic hydroxyl groups excluding tert-OH is 1. The van der Waals surface area contributed by atoms with Gasteiger partial charge in [-0.25, -0.2) is 0 Å². The lowest BCUT2D eigenvalue weighted by atomic mass is 9.71. The molecule has 1 aliphatic rings. The molecule has 0 aliphatic carbocycles. The Balaban J connectivity index is 2.08. The van der Waals surface area contributed by atoms with Crippen molar-refractivity contribution in [2.75, 3.05) is 13.2 Å². The van der Waals surface area contributed by atoms with Gasteiger partial charge in [0.15, 0.2) is 0 Å². The molecule has 2 heterocycles. The predicted molar refractivity (Wildman–Crippen MR) is 81.6 cm³/mol. The molecule has 1 aliphatic heterocycles. The second-order valence-corrected chi connectivity index (χ2v) is 6.40. The topological polar surface area (TPSA) is 55.5 Å². The van der Waals surface area contributed by atoms with Crippen molar-refractivity contribution in [3.05, 3.63) is 51.2 Å². The zero-order chi connectivity index (χ0) is 14.2. The summed E-state index contributed by atoms with van der Waals surface area (Å²) in [7, 11) is 0. The molecule has 3 N–H and O–H groups in total. The van der Waals surface area contributed by atoms with E-state index in [1.54, 1.807) is 0 Å². The van der Waals surface area contributed by atoms with E-state index in [0.29, 0.717) is 24.6 Å². The highest BCUT2D eigenvalue weighted by Crippen LogP contribution is 2.47. The van der Waals surface area contributed by atoms with E-state index in [2.05, 4.69) is 0 Å². The van der Waals surface area contributed by atoms with Crippen molar-refractivity contribution in [2.45, 2.75) is 17.9 Å². The zero-order valence-corrected chi connectivity index (χ0v) is 12.5. The number of nitrogens with two attached hydrogens (primary N) is 1. The summed E-state index contributed by atoms with van der Waals surface area (Å²) in [6, 6.07) is 9.60. The molecular weight excluding hydrogens is 294 g/mol. The summed E-state index contributed by atoms with van der Waals surface area (Å²) in [5.74, 6) is 0.811. The van der Waals surface area contributed by atoms with E-state index in [1.807, 2.05) is 35.7 Å². The normalized spacial score (nSPS) is 22.9. The maximum absolute atomic E-state index is 10.9. The standard InChI is InChI=1S/C15H16ClNO2S/c16-10-7-13(20-8-10)14(18)15(9-17)5-6-19-12-4-2-1-3-11(12)15/h1-4,7-8,14,18H,5-6,9,17H2. The van der Waals surface area contributed by atoms with Gasteiger partial charge in [-0.3, -0.25) is 0 Å². The summed E-state index contributed by atoms with van der Waals surface area (Å²) in [5, 5.41) is 13.4. The van der Waals surface area contributed by atoms with Gasteiger partial charge in [-0.2, -0.15) is 0 Å². The van der Waals surface area contributed by atoms with E-state index in [0.717, 1.165) is 16.2 Å². The van der Waals surface area contributed by atoms with Crippen molar-refractivity contribution in [3.63, 3.8) is 0 Å². The van der Waals surface area contributed by atoms with Crippen molar-refractivity contribution >= 4 is 22.9 Å². The van der Waals surface area contributed by atoms with Crippen molar-refractivity contribution in [1.82, 2.24) is 0 Å². The number of hydrogen-bond donors (Lipinski definition) is 2. The smallest absolute Gasteiger partial charge is 0.123 e. The predicted octanol–water partition coefficient (Wildman–Crippen LogP) is 3.11. The van der Waals surface area contributed by atoms with Gasteiger partial charge in [0.2, 0.25) is 0 Å². The third kappa shape index (κ3) is 2.13. The molecule has 3 rings (SSSR count). The minimum Gasteiger partial charge on any atom is -0.493 e. The summed E-state index contributed by atoms with van der Waals surface area (Å²) < 4.78 is 5.68. The number of para-hydroxylation sites is 1. The van der Waals surface area contributed by atoms with Crippen LogP contribution in [0.4, 0.5) is 0 Å². The molecule has 0 saturated heterocycles. The SMILES string of the molecule is NCC1(C(O)c2cc(Cl)cs2)CCOc2ccccc21. The van der Waals surface area contributed by atoms with Crippen LogP contribution in [0.25, 0.3) is 0 Å². The molecule has 0 bridgehead atoms. The van der Waals surface area contributed by atoms with Crippen LogP contribution in [0.5, 0.6) is 5.75 Å². The molecule has 1 aromatic heterocycles. The highest BCUT2D eigenvalue weighted by molar-refractivity contribution is 7.10. The molecule has 0 saturated carbocycles. The molecule has 20 heavy (non-hydrogen) atoms. The van der Waals surface area contributed by atoms with Gasteiger partial charge in [0.25, 0.3) is 0 Å². The van der Waals surface area contributed by atoms with Crippen LogP contribution in [0, 0.1) is 0 Å². The Labute approximate surface area is 126 Å². The number of hydrogen-bond acceptors (Lipinski definition) is 4. The second kappa shape index (κ2) is 5.37. The van der Waals surface area contributed by atoms with Gasteiger partial charge in [0.05, 0.1) is 17.7 Å². The number of thiophene rings is 1. The van der Waals surface area contributed by atoms with E-state index in [9.17, 15) is 5.11 Å². The molecule has 0 spiro atoms. The summed E-state index contributed by atoms with van der Waals surface area (Å²) >= 11 is 7.44. The van der Waals surface area contributed by atoms with E-state index < -0.39 is 11.5 Å². The molecule has 5 heteroatoms. The largest absolute Gasteiger partial charge is 0.493 e. The highest BCUT2D eigenvalue weighted by atomic mass is 35.5. The van der Waals surface area contributed by atoms with Gasteiger partial charge >= 0.3 is 0 Å². The molecule has 2 unspecified atom stereocenters. The lowest BCUT2D eigenvalue weighted by Crippen LogP contribution is -2.44. The van der Waals surface area contributed by atoms with E-state index in [-0.39, 0.29) is 0 Å². The van der Waals surface area contributed by atoms with Gasteiger partial charge in [-0.05, 0) is 18.6 Å². The molecule has 0 radical (unpaired) electrons. The number of aliphatic hydroxyl groups is 1. The maximum Gasteiger partial charge on any atom is 0.123 e. The van der Waals surface area contributed by atoms with Crippen molar-refractivity contribution in [2.24, 2.45) is 5.73 Å². The van der Waals surface area contributed by atoms with Crippen molar-refractivity contribution in [1.29, 1.82) is 0 Å². The van der Waals surface area contributed by atoms with Gasteiger partial charge in [0.1, 0.15) is 5.75 Å². The fourth-order valence-corrected chi connectivity index (χ4v) is 4.02. The van der Waals surface area contributed by atoms with Gasteiger partial charge in [0, 0.05) is 27.8 Å². The summed E-state index contributed by atoms with van der Waals surface area (Å²) in [5.41, 5.74) is 6.52. The van der Waals surface area contributed by atoms with E-state index >= 15 is 0 Å². The first kappa shape index (κ1) is 13.9. The molecule has 106 valence electrons. The van der Waals surface area contributed by atoms with Crippen LogP contribution in [0.2, 0.25) is 5.02 Å². The van der Waals surface area contributed by atoms with Crippen LogP contribution in [0.15, 0.2) is 35.7 Å². The monoisotopic (exact) mass is 309 g/mol. The Morgan fingerprint density at radius 3 is 2.95 bits per heavy atom. The lowest BCUT2D eigenvalue weighted by Gasteiger charge is -2.41.